The molecule has 4 N–H and O–H groups in total. The van der Waals surface area contributed by atoms with Gasteiger partial charge in [0.1, 0.15) is 48.1 Å². The van der Waals surface area contributed by atoms with Gasteiger partial charge in [0, 0.05) is 44.5 Å². The van der Waals surface area contributed by atoms with Crippen molar-refractivity contribution in [1.82, 2.24) is 0 Å². The van der Waals surface area contributed by atoms with Crippen LogP contribution in [0.15, 0.2) is 72.8 Å². The molecule has 0 aliphatic carbocycles. The lowest BCUT2D eigenvalue weighted by molar-refractivity contribution is 0.111. The largest absolute Gasteiger partial charge is 0.508 e. The first kappa shape index (κ1) is 24.9. The Morgan fingerprint density at radius 3 is 0.811 bits per heavy atom. The van der Waals surface area contributed by atoms with Crippen LogP contribution in [-0.2, 0) is 5.41 Å². The molecular weight excluding hydrogens is 476 g/mol. The molecule has 0 radical (unpaired) electrons. The van der Waals surface area contributed by atoms with Crippen molar-refractivity contribution >= 4 is 25.1 Å². The Morgan fingerprint density at radius 1 is 0.405 bits per heavy atom. The Balaban J connectivity index is 2.39. The minimum Gasteiger partial charge on any atom is -0.508 e. The van der Waals surface area contributed by atoms with Gasteiger partial charge in [-0.3, -0.25) is 19.2 Å². The maximum Gasteiger partial charge on any atom is 0.150 e. The summed E-state index contributed by atoms with van der Waals surface area (Å²) in [4.78, 5) is 47.0. The van der Waals surface area contributed by atoms with Gasteiger partial charge in [0.2, 0.25) is 0 Å². The van der Waals surface area contributed by atoms with Crippen LogP contribution >= 0.6 is 0 Å². The molecule has 8 heteroatoms. The molecule has 0 aromatic heterocycles. The maximum absolute atomic E-state index is 11.7. The number of benzene rings is 4. The van der Waals surface area contributed by atoms with E-state index in [-0.39, 0.29) is 44.5 Å². The predicted molar refractivity (Wildman–Crippen MR) is 133 cm³/mol. The van der Waals surface area contributed by atoms with E-state index in [1.54, 1.807) is 0 Å². The second-order valence-corrected chi connectivity index (χ2v) is 8.33. The van der Waals surface area contributed by atoms with Crippen LogP contribution in [0.25, 0.3) is 0 Å². The predicted octanol–water partition coefficient (Wildman–Crippen LogP) is 4.14. The van der Waals surface area contributed by atoms with Crippen LogP contribution in [0.2, 0.25) is 0 Å². The number of carbonyl (C=O) groups is 4. The first-order valence-electron chi connectivity index (χ1n) is 10.9. The van der Waals surface area contributed by atoms with Crippen molar-refractivity contribution in [3.8, 4) is 23.0 Å². The van der Waals surface area contributed by atoms with Gasteiger partial charge in [0.05, 0.1) is 5.41 Å². The van der Waals surface area contributed by atoms with E-state index in [2.05, 4.69) is 0 Å². The average Bonchev–Trinajstić information content (AvgIpc) is 2.92. The van der Waals surface area contributed by atoms with Gasteiger partial charge in [-0.05, 0) is 72.8 Å². The number of hydrogen-bond donors (Lipinski definition) is 4. The SMILES string of the molecule is O=Cc1ccc(O)c(C(c2cc(C=O)ccc2O)(c2cc(C=O)ccc2O)c2cc(C=O)ccc2O)c1. The van der Waals surface area contributed by atoms with Crippen LogP contribution in [-0.4, -0.2) is 45.6 Å². The van der Waals surface area contributed by atoms with Gasteiger partial charge < -0.3 is 20.4 Å². The summed E-state index contributed by atoms with van der Waals surface area (Å²) in [5, 5.41) is 44.5. The van der Waals surface area contributed by atoms with Gasteiger partial charge >= 0.3 is 0 Å². The van der Waals surface area contributed by atoms with E-state index in [1.807, 2.05) is 0 Å². The van der Waals surface area contributed by atoms with Crippen molar-refractivity contribution < 1.29 is 39.6 Å². The Hall–Kier alpha value is -5.24. The highest BCUT2D eigenvalue weighted by atomic mass is 16.3. The van der Waals surface area contributed by atoms with Gasteiger partial charge in [-0.2, -0.15) is 0 Å². The molecule has 0 amide bonds. The number of aldehydes is 4. The topological polar surface area (TPSA) is 149 Å². The highest BCUT2D eigenvalue weighted by Gasteiger charge is 2.46. The molecule has 37 heavy (non-hydrogen) atoms. The monoisotopic (exact) mass is 496 g/mol. The quantitative estimate of drug-likeness (QED) is 0.210. The number of hydrogen-bond acceptors (Lipinski definition) is 8. The summed E-state index contributed by atoms with van der Waals surface area (Å²) in [5.41, 5.74) is -2.02. The third kappa shape index (κ3) is 4.10. The van der Waals surface area contributed by atoms with Gasteiger partial charge in [0.15, 0.2) is 0 Å². The average molecular weight is 496 g/mol. The summed E-state index contributed by atoms with van der Waals surface area (Å²) in [6, 6.07) is 15.4. The first-order chi connectivity index (χ1) is 17.8. The molecule has 0 atom stereocenters. The summed E-state index contributed by atoms with van der Waals surface area (Å²) in [6.07, 6.45) is 2.05. The maximum atomic E-state index is 11.7. The molecule has 0 bridgehead atoms. The van der Waals surface area contributed by atoms with Crippen molar-refractivity contribution in [3.05, 3.63) is 117 Å². The third-order valence-corrected chi connectivity index (χ3v) is 6.24. The van der Waals surface area contributed by atoms with Crippen molar-refractivity contribution in [2.24, 2.45) is 0 Å². The molecule has 184 valence electrons. The zero-order valence-electron chi connectivity index (χ0n) is 19.2. The van der Waals surface area contributed by atoms with E-state index < -0.39 is 28.4 Å². The summed E-state index contributed by atoms with van der Waals surface area (Å²) < 4.78 is 0. The molecule has 0 fully saturated rings. The summed E-state index contributed by atoms with van der Waals surface area (Å²) in [6.45, 7) is 0. The normalized spacial score (nSPS) is 11.0. The van der Waals surface area contributed by atoms with Crippen molar-refractivity contribution in [2.75, 3.05) is 0 Å². The van der Waals surface area contributed by atoms with E-state index in [4.69, 9.17) is 0 Å². The van der Waals surface area contributed by atoms with Gasteiger partial charge in [0.25, 0.3) is 0 Å². The lowest BCUT2D eigenvalue weighted by Crippen LogP contribution is -2.32. The Morgan fingerprint density at radius 2 is 0.622 bits per heavy atom. The summed E-state index contributed by atoms with van der Waals surface area (Å²) >= 11 is 0. The molecule has 0 saturated heterocycles. The first-order valence-corrected chi connectivity index (χ1v) is 10.9. The zero-order valence-corrected chi connectivity index (χ0v) is 19.2. The third-order valence-electron chi connectivity index (χ3n) is 6.24. The lowest BCUT2D eigenvalue weighted by Gasteiger charge is -2.38. The molecule has 4 aromatic rings. The Labute approximate surface area is 210 Å². The minimum absolute atomic E-state index is 0.0906. The van der Waals surface area contributed by atoms with Gasteiger partial charge in [-0.1, -0.05) is 0 Å². The summed E-state index contributed by atoms with van der Waals surface area (Å²) in [7, 11) is 0. The van der Waals surface area contributed by atoms with Crippen molar-refractivity contribution in [1.29, 1.82) is 0 Å². The van der Waals surface area contributed by atoms with E-state index in [0.29, 0.717) is 25.1 Å². The van der Waals surface area contributed by atoms with Crippen molar-refractivity contribution in [3.63, 3.8) is 0 Å². The fraction of sp³-hybridized carbons (Fsp3) is 0.0345. The van der Waals surface area contributed by atoms with Crippen LogP contribution in [0.1, 0.15) is 63.7 Å². The van der Waals surface area contributed by atoms with E-state index in [9.17, 15) is 39.6 Å². The highest BCUT2D eigenvalue weighted by molar-refractivity contribution is 5.83. The molecular formula is C29H20O8. The molecule has 0 heterocycles. The van der Waals surface area contributed by atoms with Crippen molar-refractivity contribution in [2.45, 2.75) is 5.41 Å². The molecule has 0 spiro atoms. The fourth-order valence-corrected chi connectivity index (χ4v) is 4.58. The fourth-order valence-electron chi connectivity index (χ4n) is 4.58. The zero-order chi connectivity index (χ0) is 26.7. The number of phenols is 4. The summed E-state index contributed by atoms with van der Waals surface area (Å²) in [5.74, 6) is -1.64. The van der Waals surface area contributed by atoms with E-state index in [1.165, 1.54) is 72.8 Å². The number of rotatable bonds is 8. The van der Waals surface area contributed by atoms with Gasteiger partial charge in [-0.25, -0.2) is 0 Å². The Bertz CT molecular complexity index is 1320. The molecule has 0 unspecified atom stereocenters. The molecule has 0 aliphatic heterocycles. The van der Waals surface area contributed by atoms with Crippen LogP contribution in [0.4, 0.5) is 0 Å². The van der Waals surface area contributed by atoms with E-state index in [0.717, 1.165) is 0 Å². The smallest absolute Gasteiger partial charge is 0.150 e. The van der Waals surface area contributed by atoms with Crippen LogP contribution in [0, 0.1) is 0 Å². The second kappa shape index (κ2) is 9.79. The Kier molecular flexibility index (Phi) is 6.58. The minimum atomic E-state index is -2.04. The second-order valence-electron chi connectivity index (χ2n) is 8.33. The highest BCUT2D eigenvalue weighted by Crippen LogP contribution is 2.55. The van der Waals surface area contributed by atoms with E-state index >= 15 is 0 Å². The molecule has 4 rings (SSSR count). The van der Waals surface area contributed by atoms with Crippen LogP contribution in [0.3, 0.4) is 0 Å². The molecule has 0 saturated carbocycles. The molecule has 4 aromatic carbocycles. The van der Waals surface area contributed by atoms with Crippen LogP contribution < -0.4 is 0 Å². The lowest BCUT2D eigenvalue weighted by atomic mass is 9.63. The van der Waals surface area contributed by atoms with Gasteiger partial charge in [-0.15, -0.1) is 0 Å². The molecule has 0 aliphatic rings. The molecule has 8 nitrogen and oxygen atoms in total. The number of carbonyl (C=O) groups excluding carboxylic acids is 4. The number of aromatic hydroxyl groups is 4. The number of phenolic OH excluding ortho intramolecular Hbond substituents is 4. The van der Waals surface area contributed by atoms with Crippen LogP contribution in [0.5, 0.6) is 23.0 Å². The standard InChI is InChI=1S/C29H20O8/c30-13-17-1-5-25(34)21(9-17)29(22-10-18(14-31)2-6-26(22)35,23-11-19(15-32)3-7-27(23)36)24-12-20(16-33)4-8-28(24)37/h1-16,34-37H.